The topological polar surface area (TPSA) is 72.1 Å². The first-order valence-electron chi connectivity index (χ1n) is 9.88. The highest BCUT2D eigenvalue weighted by Crippen LogP contribution is 2.14. The van der Waals surface area contributed by atoms with Crippen LogP contribution in [0, 0.1) is 0 Å². The smallest absolute Gasteiger partial charge is 0.191 e. The Morgan fingerprint density at radius 3 is 2.30 bits per heavy atom. The van der Waals surface area contributed by atoms with Crippen molar-refractivity contribution in [2.45, 2.75) is 19.6 Å². The van der Waals surface area contributed by atoms with E-state index in [1.165, 1.54) is 11.1 Å². The second-order valence-corrected chi connectivity index (χ2v) is 6.85. The van der Waals surface area contributed by atoms with Gasteiger partial charge in [0.05, 0.1) is 18.6 Å². The number of rotatable bonds is 7. The molecule has 0 aliphatic carbocycles. The molecular weight excluding hydrogens is 374 g/mol. The van der Waals surface area contributed by atoms with E-state index < -0.39 is 0 Å². The fraction of sp³-hybridized carbons (Fsp3) is 0.174. The van der Waals surface area contributed by atoms with Gasteiger partial charge in [-0.2, -0.15) is 5.10 Å². The van der Waals surface area contributed by atoms with E-state index in [1.807, 2.05) is 46.2 Å². The van der Waals surface area contributed by atoms with Gasteiger partial charge in [0.25, 0.3) is 0 Å². The first-order chi connectivity index (χ1) is 14.8. The Morgan fingerprint density at radius 2 is 1.60 bits per heavy atom. The predicted molar refractivity (Wildman–Crippen MR) is 118 cm³/mol. The zero-order valence-electron chi connectivity index (χ0n) is 16.9. The van der Waals surface area contributed by atoms with Gasteiger partial charge in [0.15, 0.2) is 5.96 Å². The fourth-order valence-electron chi connectivity index (χ4n) is 3.35. The molecule has 0 bridgehead atoms. The van der Waals surface area contributed by atoms with E-state index in [2.05, 4.69) is 62.1 Å². The number of hydrogen-bond donors (Lipinski definition) is 2. The first-order valence-corrected chi connectivity index (χ1v) is 9.88. The molecule has 2 N–H and O–H groups in total. The van der Waals surface area contributed by atoms with Crippen LogP contribution in [0.25, 0.3) is 5.69 Å². The second kappa shape index (κ2) is 9.56. The molecule has 0 saturated heterocycles. The van der Waals surface area contributed by atoms with Crippen LogP contribution in [0.3, 0.4) is 0 Å². The average molecular weight is 400 g/mol. The zero-order valence-corrected chi connectivity index (χ0v) is 16.9. The van der Waals surface area contributed by atoms with E-state index in [0.717, 1.165) is 23.8 Å². The van der Waals surface area contributed by atoms with Crippen LogP contribution in [0.2, 0.25) is 0 Å². The van der Waals surface area contributed by atoms with Crippen molar-refractivity contribution in [3.63, 3.8) is 0 Å². The Labute approximate surface area is 176 Å². The maximum atomic E-state index is 4.37. The molecule has 0 atom stereocenters. The van der Waals surface area contributed by atoms with Crippen molar-refractivity contribution < 1.29 is 0 Å². The molecule has 2 aromatic heterocycles. The molecule has 7 nitrogen and oxygen atoms in total. The number of nitrogens with one attached hydrogen (secondary N) is 2. The van der Waals surface area contributed by atoms with E-state index in [9.17, 15) is 0 Å². The minimum absolute atomic E-state index is 0.656. The lowest BCUT2D eigenvalue weighted by molar-refractivity contribution is 0.677. The number of imidazole rings is 1. The molecular formula is C23H25N7. The molecule has 2 aromatic carbocycles. The quantitative estimate of drug-likeness (QED) is 0.370. The highest BCUT2D eigenvalue weighted by Gasteiger charge is 2.07. The maximum absolute atomic E-state index is 4.37. The SMILES string of the molecule is CN=C(NCc1ccccc1Cn1cccn1)NCc1ccccc1-n1ccnc1. The Hall–Kier alpha value is -3.87. The van der Waals surface area contributed by atoms with Gasteiger partial charge in [-0.15, -0.1) is 0 Å². The van der Waals surface area contributed by atoms with E-state index in [-0.39, 0.29) is 0 Å². The van der Waals surface area contributed by atoms with Crippen molar-refractivity contribution >= 4 is 5.96 Å². The molecule has 7 heteroatoms. The number of aromatic nitrogens is 4. The van der Waals surface area contributed by atoms with Crippen LogP contribution in [0.15, 0.2) is 90.7 Å². The Morgan fingerprint density at radius 1 is 0.867 bits per heavy atom. The van der Waals surface area contributed by atoms with Gasteiger partial charge in [0, 0.05) is 44.9 Å². The molecule has 0 radical (unpaired) electrons. The largest absolute Gasteiger partial charge is 0.352 e. The average Bonchev–Trinajstić information content (AvgIpc) is 3.50. The molecule has 0 unspecified atom stereocenters. The lowest BCUT2D eigenvalue weighted by atomic mass is 10.1. The van der Waals surface area contributed by atoms with Crippen LogP contribution < -0.4 is 10.6 Å². The molecule has 2 heterocycles. The number of aliphatic imine (C=N–C) groups is 1. The Balaban J connectivity index is 1.39. The fourth-order valence-corrected chi connectivity index (χ4v) is 3.35. The summed E-state index contributed by atoms with van der Waals surface area (Å²) in [5.74, 6) is 0.754. The third-order valence-electron chi connectivity index (χ3n) is 4.90. The summed E-state index contributed by atoms with van der Waals surface area (Å²) in [4.78, 5) is 8.52. The molecule has 0 aliphatic rings. The summed E-state index contributed by atoms with van der Waals surface area (Å²) < 4.78 is 3.94. The number of guanidine groups is 1. The lowest BCUT2D eigenvalue weighted by Gasteiger charge is -2.16. The van der Waals surface area contributed by atoms with Gasteiger partial charge in [-0.25, -0.2) is 4.98 Å². The molecule has 152 valence electrons. The summed E-state index contributed by atoms with van der Waals surface area (Å²) in [6.07, 6.45) is 9.31. The minimum atomic E-state index is 0.656. The third kappa shape index (κ3) is 4.75. The van der Waals surface area contributed by atoms with Gasteiger partial charge in [-0.3, -0.25) is 9.67 Å². The highest BCUT2D eigenvalue weighted by atomic mass is 15.3. The van der Waals surface area contributed by atoms with E-state index in [0.29, 0.717) is 13.1 Å². The Bertz CT molecular complexity index is 1080. The van der Waals surface area contributed by atoms with Crippen molar-refractivity contribution in [2.75, 3.05) is 7.05 Å². The summed E-state index contributed by atoms with van der Waals surface area (Å²) in [7, 11) is 1.78. The van der Waals surface area contributed by atoms with Crippen molar-refractivity contribution in [1.29, 1.82) is 0 Å². The number of hydrogen-bond acceptors (Lipinski definition) is 3. The standard InChI is InChI=1S/C23H25N7/c1-24-23(27-16-20-8-4-5-10-22(20)29-14-12-25-18-29)26-15-19-7-2-3-9-21(19)17-30-13-6-11-28-30/h2-14,18H,15-17H2,1H3,(H2,24,26,27). The van der Waals surface area contributed by atoms with Crippen LogP contribution in [0.1, 0.15) is 16.7 Å². The normalized spacial score (nSPS) is 11.4. The first kappa shape index (κ1) is 19.4. The van der Waals surface area contributed by atoms with E-state index in [4.69, 9.17) is 0 Å². The molecule has 0 spiro atoms. The van der Waals surface area contributed by atoms with Crippen LogP contribution in [0.4, 0.5) is 0 Å². The maximum Gasteiger partial charge on any atom is 0.191 e. The third-order valence-corrected chi connectivity index (χ3v) is 4.90. The zero-order chi connectivity index (χ0) is 20.6. The van der Waals surface area contributed by atoms with E-state index >= 15 is 0 Å². The summed E-state index contributed by atoms with van der Waals surface area (Å²) in [5.41, 5.74) is 4.71. The van der Waals surface area contributed by atoms with Gasteiger partial charge in [-0.1, -0.05) is 42.5 Å². The monoisotopic (exact) mass is 399 g/mol. The predicted octanol–water partition coefficient (Wildman–Crippen LogP) is 2.98. The summed E-state index contributed by atoms with van der Waals surface area (Å²) >= 11 is 0. The molecule has 0 fully saturated rings. The number of benzene rings is 2. The molecule has 0 amide bonds. The molecule has 30 heavy (non-hydrogen) atoms. The van der Waals surface area contributed by atoms with E-state index in [1.54, 1.807) is 19.4 Å². The molecule has 4 aromatic rings. The Kier molecular flexibility index (Phi) is 6.19. The molecule has 0 aliphatic heterocycles. The van der Waals surface area contributed by atoms with Crippen molar-refractivity contribution in [3.8, 4) is 5.69 Å². The van der Waals surface area contributed by atoms with Crippen LogP contribution >= 0.6 is 0 Å². The van der Waals surface area contributed by atoms with Gasteiger partial charge in [-0.05, 0) is 28.8 Å². The van der Waals surface area contributed by atoms with Crippen LogP contribution in [0.5, 0.6) is 0 Å². The number of nitrogens with zero attached hydrogens (tertiary/aromatic N) is 5. The van der Waals surface area contributed by atoms with Crippen molar-refractivity contribution in [1.82, 2.24) is 30.0 Å². The van der Waals surface area contributed by atoms with Gasteiger partial charge in [0.2, 0.25) is 0 Å². The molecule has 4 rings (SSSR count). The van der Waals surface area contributed by atoms with Crippen molar-refractivity contribution in [3.05, 3.63) is 102 Å². The van der Waals surface area contributed by atoms with Crippen LogP contribution in [-0.2, 0) is 19.6 Å². The second-order valence-electron chi connectivity index (χ2n) is 6.85. The minimum Gasteiger partial charge on any atom is -0.352 e. The summed E-state index contributed by atoms with van der Waals surface area (Å²) in [6, 6.07) is 18.6. The number of para-hydroxylation sites is 1. The van der Waals surface area contributed by atoms with Gasteiger partial charge >= 0.3 is 0 Å². The lowest BCUT2D eigenvalue weighted by Crippen LogP contribution is -2.36. The summed E-state index contributed by atoms with van der Waals surface area (Å²) in [5, 5.41) is 11.1. The van der Waals surface area contributed by atoms with Crippen LogP contribution in [-0.4, -0.2) is 32.3 Å². The van der Waals surface area contributed by atoms with Crippen molar-refractivity contribution in [2.24, 2.45) is 4.99 Å². The van der Waals surface area contributed by atoms with Gasteiger partial charge < -0.3 is 15.2 Å². The summed E-state index contributed by atoms with van der Waals surface area (Å²) in [6.45, 7) is 2.08. The molecule has 0 saturated carbocycles. The van der Waals surface area contributed by atoms with Gasteiger partial charge in [0.1, 0.15) is 0 Å². The highest BCUT2D eigenvalue weighted by molar-refractivity contribution is 5.79.